The zero-order chi connectivity index (χ0) is 17.5. The minimum absolute atomic E-state index is 0.414. The van der Waals surface area contributed by atoms with Crippen molar-refractivity contribution in [1.82, 2.24) is 0 Å². The molecule has 1 unspecified atom stereocenters. The van der Waals surface area contributed by atoms with E-state index in [9.17, 15) is 17.3 Å². The summed E-state index contributed by atoms with van der Waals surface area (Å²) in [5, 5.41) is 6.48. The van der Waals surface area contributed by atoms with Gasteiger partial charge in [-0.1, -0.05) is 48.5 Å². The van der Waals surface area contributed by atoms with Gasteiger partial charge in [0.25, 0.3) is 0 Å². The molecular formula is C18H17BF4S. The standard InChI is InChI=1S/C18H17S.BF4/c1-19(2)16-11-14-7-3-5-12-9-10-13-6-4-8-15(16)18(13)17(12)14;2-1(3,4)5/h3-10,16H,11H2,1-2H3;/q+1;-1. The van der Waals surface area contributed by atoms with Crippen LogP contribution < -0.4 is 0 Å². The maximum Gasteiger partial charge on any atom is 0.673 e. The first-order valence-corrected chi connectivity index (χ1v) is 9.73. The van der Waals surface area contributed by atoms with Crippen molar-refractivity contribution in [1.29, 1.82) is 0 Å². The van der Waals surface area contributed by atoms with E-state index in [2.05, 4.69) is 61.0 Å². The van der Waals surface area contributed by atoms with E-state index >= 15 is 0 Å². The van der Waals surface area contributed by atoms with Crippen molar-refractivity contribution in [3.63, 3.8) is 0 Å². The molecule has 0 aliphatic heterocycles. The first-order valence-electron chi connectivity index (χ1n) is 7.62. The van der Waals surface area contributed by atoms with Gasteiger partial charge in [0.1, 0.15) is 5.25 Å². The summed E-state index contributed by atoms with van der Waals surface area (Å²) in [6.07, 6.45) is 5.94. The van der Waals surface area contributed by atoms with Crippen molar-refractivity contribution in [3.8, 4) is 0 Å². The highest BCUT2D eigenvalue weighted by atomic mass is 32.2. The van der Waals surface area contributed by atoms with Gasteiger partial charge in [0, 0.05) is 12.0 Å². The molecule has 0 radical (unpaired) electrons. The summed E-state index contributed by atoms with van der Waals surface area (Å²) in [6.45, 7) is 0. The molecule has 1 atom stereocenters. The molecule has 0 saturated carbocycles. The van der Waals surface area contributed by atoms with Gasteiger partial charge < -0.3 is 17.3 Å². The van der Waals surface area contributed by atoms with E-state index in [-0.39, 0.29) is 0 Å². The lowest BCUT2D eigenvalue weighted by Gasteiger charge is -2.24. The van der Waals surface area contributed by atoms with Crippen LogP contribution in [0.3, 0.4) is 0 Å². The lowest BCUT2D eigenvalue weighted by Crippen LogP contribution is -2.17. The number of rotatable bonds is 1. The van der Waals surface area contributed by atoms with Crippen LogP contribution in [-0.4, -0.2) is 19.8 Å². The summed E-state index contributed by atoms with van der Waals surface area (Å²) in [7, 11) is -5.59. The Labute approximate surface area is 141 Å². The monoisotopic (exact) mass is 352 g/mol. The van der Waals surface area contributed by atoms with Crippen LogP contribution in [-0.2, 0) is 17.3 Å². The summed E-state index contributed by atoms with van der Waals surface area (Å²) in [5.41, 5.74) is 3.10. The Hall–Kier alpha value is -1.69. The van der Waals surface area contributed by atoms with E-state index in [1.54, 1.807) is 5.56 Å². The molecule has 4 rings (SSSR count). The van der Waals surface area contributed by atoms with E-state index in [0.29, 0.717) is 16.1 Å². The Morgan fingerprint density at radius 2 is 1.38 bits per heavy atom. The second-order valence-electron chi connectivity index (χ2n) is 6.09. The second-order valence-corrected chi connectivity index (χ2v) is 8.42. The lowest BCUT2D eigenvalue weighted by molar-refractivity contribution is 0.368. The molecule has 0 heterocycles. The first-order chi connectivity index (χ1) is 11.3. The molecule has 0 bridgehead atoms. The van der Waals surface area contributed by atoms with Crippen LogP contribution >= 0.6 is 0 Å². The van der Waals surface area contributed by atoms with Crippen LogP contribution in [0.4, 0.5) is 17.3 Å². The number of hydrogen-bond donors (Lipinski definition) is 0. The van der Waals surface area contributed by atoms with Gasteiger partial charge in [-0.3, -0.25) is 0 Å². The predicted molar refractivity (Wildman–Crippen MR) is 97.3 cm³/mol. The Balaban J connectivity index is 0.000000300. The maximum atomic E-state index is 9.75. The molecule has 126 valence electrons. The van der Waals surface area contributed by atoms with Crippen molar-refractivity contribution >= 4 is 39.7 Å². The van der Waals surface area contributed by atoms with Crippen molar-refractivity contribution in [2.45, 2.75) is 11.7 Å². The van der Waals surface area contributed by atoms with Crippen molar-refractivity contribution in [2.24, 2.45) is 0 Å². The third kappa shape index (κ3) is 3.39. The molecule has 3 aromatic carbocycles. The van der Waals surface area contributed by atoms with Gasteiger partial charge >= 0.3 is 7.25 Å². The minimum Gasteiger partial charge on any atom is -0.418 e. The van der Waals surface area contributed by atoms with E-state index < -0.39 is 7.25 Å². The van der Waals surface area contributed by atoms with E-state index in [4.69, 9.17) is 0 Å². The summed E-state index contributed by atoms with van der Waals surface area (Å²) in [4.78, 5) is 0. The first kappa shape index (κ1) is 17.1. The van der Waals surface area contributed by atoms with Crippen LogP contribution in [0.25, 0.3) is 21.5 Å². The van der Waals surface area contributed by atoms with Crippen LogP contribution in [0.2, 0.25) is 0 Å². The van der Waals surface area contributed by atoms with Gasteiger partial charge in [-0.15, -0.1) is 0 Å². The molecule has 0 N–H and O–H groups in total. The van der Waals surface area contributed by atoms with Crippen molar-refractivity contribution < 1.29 is 17.3 Å². The quantitative estimate of drug-likeness (QED) is 0.226. The summed E-state index contributed by atoms with van der Waals surface area (Å²) < 4.78 is 39.0. The Kier molecular flexibility index (Phi) is 4.51. The van der Waals surface area contributed by atoms with Crippen LogP contribution in [0.5, 0.6) is 0 Å². The molecule has 0 fully saturated rings. The number of hydrogen-bond acceptors (Lipinski definition) is 0. The zero-order valence-electron chi connectivity index (χ0n) is 13.4. The van der Waals surface area contributed by atoms with E-state index in [0.717, 1.165) is 0 Å². The average Bonchev–Trinajstić information content (AvgIpc) is 2.50. The van der Waals surface area contributed by atoms with Gasteiger partial charge in [-0.2, -0.15) is 0 Å². The molecular weight excluding hydrogens is 335 g/mol. The highest BCUT2D eigenvalue weighted by Crippen LogP contribution is 2.42. The fourth-order valence-electron chi connectivity index (χ4n) is 3.43. The molecule has 3 aromatic rings. The van der Waals surface area contributed by atoms with E-state index in [1.165, 1.54) is 33.5 Å². The summed E-state index contributed by atoms with van der Waals surface area (Å²) >= 11 is 0. The molecule has 6 heteroatoms. The van der Waals surface area contributed by atoms with Crippen molar-refractivity contribution in [2.75, 3.05) is 12.5 Å². The zero-order valence-corrected chi connectivity index (χ0v) is 14.2. The summed E-state index contributed by atoms with van der Waals surface area (Å²) in [6, 6.07) is 18.1. The molecule has 24 heavy (non-hydrogen) atoms. The third-order valence-electron chi connectivity index (χ3n) is 4.33. The molecule has 0 saturated heterocycles. The topological polar surface area (TPSA) is 0 Å². The molecule has 0 spiro atoms. The number of halogens is 4. The molecule has 1 aliphatic carbocycles. The smallest absolute Gasteiger partial charge is 0.418 e. The van der Waals surface area contributed by atoms with Gasteiger partial charge in [0.15, 0.2) is 0 Å². The van der Waals surface area contributed by atoms with Gasteiger partial charge in [0.05, 0.1) is 12.5 Å². The highest BCUT2D eigenvalue weighted by Gasteiger charge is 2.30. The normalized spacial score (nSPS) is 16.5. The van der Waals surface area contributed by atoms with Crippen LogP contribution in [0.15, 0.2) is 48.5 Å². The van der Waals surface area contributed by atoms with Gasteiger partial charge in [-0.25, -0.2) is 0 Å². The van der Waals surface area contributed by atoms with Gasteiger partial charge in [-0.05, 0) is 38.0 Å². The molecule has 0 amide bonds. The Morgan fingerprint density at radius 1 is 0.833 bits per heavy atom. The fourth-order valence-corrected chi connectivity index (χ4v) is 4.65. The molecule has 0 aromatic heterocycles. The SMILES string of the molecule is C[S+](C)C1Cc2cccc3ccc4cccc1c4c23.F[B-](F)(F)F. The third-order valence-corrected chi connectivity index (χ3v) is 5.88. The maximum absolute atomic E-state index is 9.75. The van der Waals surface area contributed by atoms with Crippen molar-refractivity contribution in [3.05, 3.63) is 59.7 Å². The van der Waals surface area contributed by atoms with Crippen LogP contribution in [0, 0.1) is 0 Å². The summed E-state index contributed by atoms with van der Waals surface area (Å²) in [5.74, 6) is 0. The minimum atomic E-state index is -6.00. The molecule has 1 aliphatic rings. The molecule has 0 nitrogen and oxygen atoms in total. The van der Waals surface area contributed by atoms with Gasteiger partial charge in [0.2, 0.25) is 0 Å². The second kappa shape index (κ2) is 6.32. The predicted octanol–water partition coefficient (Wildman–Crippen LogP) is 5.77. The average molecular weight is 352 g/mol. The highest BCUT2D eigenvalue weighted by molar-refractivity contribution is 7.95. The van der Waals surface area contributed by atoms with Crippen LogP contribution in [0.1, 0.15) is 16.4 Å². The fraction of sp³-hybridized carbons (Fsp3) is 0.222. The lowest BCUT2D eigenvalue weighted by atomic mass is 9.86. The largest absolute Gasteiger partial charge is 0.673 e. The number of benzene rings is 3. The Bertz CT molecular complexity index is 883. The Morgan fingerprint density at radius 3 is 1.96 bits per heavy atom. The van der Waals surface area contributed by atoms with E-state index in [1.807, 2.05) is 0 Å².